The van der Waals surface area contributed by atoms with Crippen molar-refractivity contribution in [2.75, 3.05) is 36.4 Å². The summed E-state index contributed by atoms with van der Waals surface area (Å²) in [5.41, 5.74) is 3.02. The first kappa shape index (κ1) is 21.2. The highest BCUT2D eigenvalue weighted by atomic mass is 32.1. The zero-order chi connectivity index (χ0) is 21.6. The third-order valence-corrected chi connectivity index (χ3v) is 6.19. The van der Waals surface area contributed by atoms with E-state index in [1.54, 1.807) is 12.1 Å². The molecule has 2 aromatic carbocycles. The molecule has 2 heterocycles. The van der Waals surface area contributed by atoms with Gasteiger partial charge in [-0.15, -0.1) is 0 Å². The Morgan fingerprint density at radius 3 is 2.74 bits per heavy atom. The summed E-state index contributed by atoms with van der Waals surface area (Å²) in [4.78, 5) is 21.5. The molecule has 0 aliphatic carbocycles. The minimum atomic E-state index is -0.244. The van der Waals surface area contributed by atoms with Crippen LogP contribution in [0.25, 0.3) is 0 Å². The van der Waals surface area contributed by atoms with E-state index in [1.807, 2.05) is 23.1 Å². The molecule has 0 unspecified atom stereocenters. The highest BCUT2D eigenvalue weighted by Gasteiger charge is 2.21. The Balaban J connectivity index is 1.34. The predicted molar refractivity (Wildman–Crippen MR) is 122 cm³/mol. The molecule has 1 aromatic heterocycles. The number of benzene rings is 2. The van der Waals surface area contributed by atoms with Crippen LogP contribution in [0.2, 0.25) is 0 Å². The Morgan fingerprint density at radius 1 is 1.10 bits per heavy atom. The van der Waals surface area contributed by atoms with Crippen molar-refractivity contribution < 1.29 is 9.18 Å². The Kier molecular flexibility index (Phi) is 6.76. The SMILES string of the molecule is CCc1cccc(NC(=O)N2CCCN(c3nc(Cc4ccc(F)cc4)ns3)CC2)c1. The third kappa shape index (κ3) is 5.58. The first-order valence-corrected chi connectivity index (χ1v) is 11.3. The van der Waals surface area contributed by atoms with Gasteiger partial charge < -0.3 is 15.1 Å². The molecule has 6 nitrogen and oxygen atoms in total. The van der Waals surface area contributed by atoms with Gasteiger partial charge in [-0.25, -0.2) is 14.2 Å². The minimum Gasteiger partial charge on any atom is -0.345 e. The summed E-state index contributed by atoms with van der Waals surface area (Å²) in [6.07, 6.45) is 2.39. The first-order valence-electron chi connectivity index (χ1n) is 10.6. The zero-order valence-corrected chi connectivity index (χ0v) is 18.4. The van der Waals surface area contributed by atoms with E-state index in [0.29, 0.717) is 26.1 Å². The summed E-state index contributed by atoms with van der Waals surface area (Å²) >= 11 is 1.38. The molecule has 1 aliphatic heterocycles. The Morgan fingerprint density at radius 2 is 1.94 bits per heavy atom. The molecule has 162 valence electrons. The second-order valence-electron chi connectivity index (χ2n) is 7.61. The summed E-state index contributed by atoms with van der Waals surface area (Å²) in [5, 5.41) is 3.89. The number of aryl methyl sites for hydroxylation is 1. The van der Waals surface area contributed by atoms with Crippen molar-refractivity contribution in [3.63, 3.8) is 0 Å². The van der Waals surface area contributed by atoms with Gasteiger partial charge in [-0.1, -0.05) is 31.2 Å². The predicted octanol–water partition coefficient (Wildman–Crippen LogP) is 4.57. The number of nitrogens with zero attached hydrogens (tertiary/aromatic N) is 4. The first-order chi connectivity index (χ1) is 15.1. The monoisotopic (exact) mass is 439 g/mol. The molecule has 4 rings (SSSR count). The van der Waals surface area contributed by atoms with Crippen molar-refractivity contribution in [1.29, 1.82) is 0 Å². The van der Waals surface area contributed by atoms with E-state index < -0.39 is 0 Å². The van der Waals surface area contributed by atoms with Crippen LogP contribution in [0.4, 0.5) is 20.0 Å². The summed E-state index contributed by atoms with van der Waals surface area (Å²) in [6.45, 7) is 4.99. The van der Waals surface area contributed by atoms with Crippen LogP contribution in [0.5, 0.6) is 0 Å². The average molecular weight is 440 g/mol. The fourth-order valence-electron chi connectivity index (χ4n) is 3.61. The number of hydrogen-bond donors (Lipinski definition) is 1. The fourth-order valence-corrected chi connectivity index (χ4v) is 4.35. The molecule has 1 saturated heterocycles. The van der Waals surface area contributed by atoms with Gasteiger partial charge >= 0.3 is 6.03 Å². The van der Waals surface area contributed by atoms with E-state index in [1.165, 1.54) is 29.2 Å². The maximum Gasteiger partial charge on any atom is 0.321 e. The van der Waals surface area contributed by atoms with E-state index >= 15 is 0 Å². The van der Waals surface area contributed by atoms with Crippen LogP contribution >= 0.6 is 11.5 Å². The van der Waals surface area contributed by atoms with Crippen molar-refractivity contribution in [3.05, 3.63) is 71.3 Å². The number of rotatable bonds is 5. The molecule has 0 atom stereocenters. The van der Waals surface area contributed by atoms with E-state index in [4.69, 9.17) is 0 Å². The van der Waals surface area contributed by atoms with Gasteiger partial charge in [0.15, 0.2) is 0 Å². The normalized spacial score (nSPS) is 14.4. The standard InChI is InChI=1S/C23H26FN5OS/c1-2-17-5-3-6-20(15-17)25-22(30)28-11-4-12-29(14-13-28)23-26-21(27-31-23)16-18-7-9-19(24)10-8-18/h3,5-10,15H,2,4,11-14,16H2,1H3,(H,25,30). The topological polar surface area (TPSA) is 61.4 Å². The van der Waals surface area contributed by atoms with Crippen LogP contribution in [-0.4, -0.2) is 46.5 Å². The van der Waals surface area contributed by atoms with Crippen LogP contribution < -0.4 is 10.2 Å². The lowest BCUT2D eigenvalue weighted by Gasteiger charge is -2.22. The van der Waals surface area contributed by atoms with Crippen LogP contribution in [0.3, 0.4) is 0 Å². The second-order valence-corrected chi connectivity index (χ2v) is 8.34. The number of carbonyl (C=O) groups is 1. The van der Waals surface area contributed by atoms with Gasteiger partial charge in [0.05, 0.1) is 0 Å². The van der Waals surface area contributed by atoms with Gasteiger partial charge in [0.2, 0.25) is 5.13 Å². The molecule has 1 aliphatic rings. The van der Waals surface area contributed by atoms with E-state index in [0.717, 1.165) is 41.6 Å². The molecule has 0 spiro atoms. The second kappa shape index (κ2) is 9.87. The lowest BCUT2D eigenvalue weighted by atomic mass is 10.1. The smallest absolute Gasteiger partial charge is 0.321 e. The molecule has 1 fully saturated rings. The molecule has 0 radical (unpaired) electrons. The van der Waals surface area contributed by atoms with Crippen LogP contribution in [0.15, 0.2) is 48.5 Å². The van der Waals surface area contributed by atoms with Gasteiger partial charge in [-0.3, -0.25) is 0 Å². The number of hydrogen-bond acceptors (Lipinski definition) is 5. The number of halogens is 1. The van der Waals surface area contributed by atoms with Crippen LogP contribution in [-0.2, 0) is 12.8 Å². The summed E-state index contributed by atoms with van der Waals surface area (Å²) in [5.74, 6) is 0.494. The van der Waals surface area contributed by atoms with Gasteiger partial charge in [0.25, 0.3) is 0 Å². The molecule has 31 heavy (non-hydrogen) atoms. The summed E-state index contributed by atoms with van der Waals surface area (Å²) < 4.78 is 17.6. The molecule has 8 heteroatoms. The third-order valence-electron chi connectivity index (χ3n) is 5.37. The van der Waals surface area contributed by atoms with Crippen molar-refractivity contribution >= 4 is 28.4 Å². The van der Waals surface area contributed by atoms with Gasteiger partial charge in [0, 0.05) is 49.8 Å². The van der Waals surface area contributed by atoms with Crippen molar-refractivity contribution in [2.45, 2.75) is 26.2 Å². The molecule has 2 amide bonds. The van der Waals surface area contributed by atoms with Crippen LogP contribution in [0.1, 0.15) is 30.3 Å². The van der Waals surface area contributed by atoms with Crippen molar-refractivity contribution in [2.24, 2.45) is 0 Å². The number of aromatic nitrogens is 2. The minimum absolute atomic E-state index is 0.0654. The molecule has 0 bridgehead atoms. The number of amides is 2. The molecule has 0 saturated carbocycles. The average Bonchev–Trinajstić information content (AvgIpc) is 3.10. The maximum absolute atomic E-state index is 13.1. The lowest BCUT2D eigenvalue weighted by molar-refractivity contribution is 0.215. The number of carbonyl (C=O) groups excluding carboxylic acids is 1. The van der Waals surface area contributed by atoms with E-state index in [9.17, 15) is 9.18 Å². The quantitative estimate of drug-likeness (QED) is 0.632. The van der Waals surface area contributed by atoms with Gasteiger partial charge in [-0.2, -0.15) is 4.37 Å². The highest BCUT2D eigenvalue weighted by Crippen LogP contribution is 2.21. The Labute approximate surface area is 185 Å². The van der Waals surface area contributed by atoms with Crippen molar-refractivity contribution in [1.82, 2.24) is 14.3 Å². The number of anilines is 2. The van der Waals surface area contributed by atoms with E-state index in [2.05, 4.69) is 32.6 Å². The number of urea groups is 1. The van der Waals surface area contributed by atoms with E-state index in [-0.39, 0.29) is 11.8 Å². The molecular weight excluding hydrogens is 413 g/mol. The molecule has 1 N–H and O–H groups in total. The largest absolute Gasteiger partial charge is 0.345 e. The van der Waals surface area contributed by atoms with Crippen molar-refractivity contribution in [3.8, 4) is 0 Å². The maximum atomic E-state index is 13.1. The molecular formula is C23H26FN5OS. The highest BCUT2D eigenvalue weighted by molar-refractivity contribution is 7.09. The lowest BCUT2D eigenvalue weighted by Crippen LogP contribution is -2.38. The zero-order valence-electron chi connectivity index (χ0n) is 17.6. The van der Waals surface area contributed by atoms with Crippen LogP contribution in [0, 0.1) is 5.82 Å². The number of nitrogens with one attached hydrogen (secondary N) is 1. The van der Waals surface area contributed by atoms with Gasteiger partial charge in [0.1, 0.15) is 11.6 Å². The van der Waals surface area contributed by atoms with Gasteiger partial charge in [-0.05, 0) is 48.2 Å². The fraction of sp³-hybridized carbons (Fsp3) is 0.348. The summed E-state index contributed by atoms with van der Waals surface area (Å²) in [7, 11) is 0. The Bertz CT molecular complexity index is 1020. The Hall–Kier alpha value is -3.00. The molecule has 3 aromatic rings. The summed E-state index contributed by atoms with van der Waals surface area (Å²) in [6, 6.07) is 14.3.